The second-order valence-electron chi connectivity index (χ2n) is 7.92. The van der Waals surface area contributed by atoms with Crippen LogP contribution in [0.5, 0.6) is 0 Å². The van der Waals surface area contributed by atoms with Crippen LogP contribution in [0.15, 0.2) is 54.6 Å². The van der Waals surface area contributed by atoms with Gasteiger partial charge in [0.05, 0.1) is 26.7 Å². The molecular weight excluding hydrogens is 282 g/mol. The predicted octanol–water partition coefficient (Wildman–Crippen LogP) is 3.90. The molecule has 0 amide bonds. The van der Waals surface area contributed by atoms with E-state index in [1.165, 1.54) is 11.1 Å². The molecule has 3 rings (SSSR count). The first-order valence-corrected chi connectivity index (χ1v) is 8.48. The summed E-state index contributed by atoms with van der Waals surface area (Å²) in [5, 5.41) is 11.5. The lowest BCUT2D eigenvalue weighted by molar-refractivity contribution is -0.908. The minimum atomic E-state index is -0.805. The van der Waals surface area contributed by atoms with Crippen LogP contribution in [-0.2, 0) is 12.0 Å². The van der Waals surface area contributed by atoms with Crippen LogP contribution >= 0.6 is 0 Å². The third-order valence-corrected chi connectivity index (χ3v) is 5.37. The molecule has 1 aliphatic carbocycles. The van der Waals surface area contributed by atoms with E-state index in [4.69, 9.17) is 0 Å². The van der Waals surface area contributed by atoms with Crippen molar-refractivity contribution in [3.63, 3.8) is 0 Å². The fourth-order valence-corrected chi connectivity index (χ4v) is 4.36. The molecule has 2 heteroatoms. The Morgan fingerprint density at radius 3 is 2.26 bits per heavy atom. The van der Waals surface area contributed by atoms with Gasteiger partial charge in [0.2, 0.25) is 0 Å². The van der Waals surface area contributed by atoms with Crippen LogP contribution in [0, 0.1) is 5.92 Å². The molecule has 2 nitrogen and oxygen atoms in total. The molecule has 1 N–H and O–H groups in total. The Morgan fingerprint density at radius 2 is 1.61 bits per heavy atom. The monoisotopic (exact) mass is 310 g/mol. The Morgan fingerprint density at radius 1 is 1.00 bits per heavy atom. The van der Waals surface area contributed by atoms with Crippen molar-refractivity contribution < 1.29 is 9.59 Å². The molecule has 0 saturated heterocycles. The van der Waals surface area contributed by atoms with Gasteiger partial charge in [0.25, 0.3) is 0 Å². The SMILES string of the molecule is C[C@@]1(O)c2ccccc2CC[C@H]1[C@H](c1ccccc1)[N+](C)(C)C. The van der Waals surface area contributed by atoms with E-state index in [-0.39, 0.29) is 12.0 Å². The van der Waals surface area contributed by atoms with Gasteiger partial charge in [0.1, 0.15) is 6.04 Å². The fourth-order valence-electron chi connectivity index (χ4n) is 4.36. The number of fused-ring (bicyclic) bond motifs is 1. The van der Waals surface area contributed by atoms with Gasteiger partial charge in [-0.05, 0) is 30.9 Å². The summed E-state index contributed by atoms with van der Waals surface area (Å²) in [6.07, 6.45) is 2.05. The molecule has 3 atom stereocenters. The van der Waals surface area contributed by atoms with Gasteiger partial charge in [-0.2, -0.15) is 0 Å². The quantitative estimate of drug-likeness (QED) is 0.852. The van der Waals surface area contributed by atoms with Gasteiger partial charge in [0, 0.05) is 11.5 Å². The largest absolute Gasteiger partial charge is 0.385 e. The first-order valence-electron chi connectivity index (χ1n) is 8.48. The second-order valence-corrected chi connectivity index (χ2v) is 7.92. The molecule has 0 bridgehead atoms. The van der Waals surface area contributed by atoms with E-state index in [1.807, 2.05) is 13.0 Å². The minimum absolute atomic E-state index is 0.194. The van der Waals surface area contributed by atoms with Crippen molar-refractivity contribution in [3.05, 3.63) is 71.3 Å². The number of nitrogens with zero attached hydrogens (tertiary/aromatic N) is 1. The maximum Gasteiger partial charge on any atom is 0.120 e. The van der Waals surface area contributed by atoms with Gasteiger partial charge < -0.3 is 9.59 Å². The number of hydrogen-bond donors (Lipinski definition) is 1. The lowest BCUT2D eigenvalue weighted by Gasteiger charge is -2.47. The van der Waals surface area contributed by atoms with Crippen LogP contribution in [0.25, 0.3) is 0 Å². The van der Waals surface area contributed by atoms with Gasteiger partial charge in [-0.3, -0.25) is 0 Å². The van der Waals surface area contributed by atoms with Gasteiger partial charge in [-0.15, -0.1) is 0 Å². The molecule has 0 aromatic heterocycles. The van der Waals surface area contributed by atoms with Crippen molar-refractivity contribution in [1.82, 2.24) is 0 Å². The van der Waals surface area contributed by atoms with Crippen molar-refractivity contribution >= 4 is 0 Å². The van der Waals surface area contributed by atoms with E-state index in [2.05, 4.69) is 69.7 Å². The van der Waals surface area contributed by atoms with Gasteiger partial charge >= 0.3 is 0 Å². The summed E-state index contributed by atoms with van der Waals surface area (Å²) in [5.74, 6) is 0.194. The standard InChI is InChI=1S/C21H28NO/c1-21(23)18-13-9-8-10-16(18)14-15-19(21)20(22(2,3)4)17-11-6-5-7-12-17/h5-13,19-20,23H,14-15H2,1-4H3/q+1/t19-,20-,21+/m0/s1. The Hall–Kier alpha value is -1.64. The van der Waals surface area contributed by atoms with E-state index < -0.39 is 5.60 Å². The highest BCUT2D eigenvalue weighted by Crippen LogP contribution is 2.48. The van der Waals surface area contributed by atoms with Crippen LogP contribution in [0.3, 0.4) is 0 Å². The lowest BCUT2D eigenvalue weighted by Crippen LogP contribution is -2.50. The normalized spacial score (nSPS) is 25.7. The molecule has 0 spiro atoms. The van der Waals surface area contributed by atoms with Crippen LogP contribution in [-0.4, -0.2) is 30.7 Å². The molecule has 0 unspecified atom stereocenters. The van der Waals surface area contributed by atoms with E-state index in [1.54, 1.807) is 0 Å². The van der Waals surface area contributed by atoms with Gasteiger partial charge in [-0.1, -0.05) is 54.6 Å². The van der Waals surface area contributed by atoms with Crippen molar-refractivity contribution in [2.75, 3.05) is 21.1 Å². The lowest BCUT2D eigenvalue weighted by atomic mass is 9.67. The van der Waals surface area contributed by atoms with E-state index in [0.717, 1.165) is 22.9 Å². The van der Waals surface area contributed by atoms with Crippen molar-refractivity contribution in [1.29, 1.82) is 0 Å². The van der Waals surface area contributed by atoms with Crippen LogP contribution in [0.4, 0.5) is 0 Å². The van der Waals surface area contributed by atoms with E-state index in [9.17, 15) is 5.11 Å². The molecule has 1 aliphatic rings. The summed E-state index contributed by atoms with van der Waals surface area (Å²) in [6, 6.07) is 19.3. The highest BCUT2D eigenvalue weighted by Gasteiger charge is 2.48. The van der Waals surface area contributed by atoms with Gasteiger partial charge in [-0.25, -0.2) is 0 Å². The highest BCUT2D eigenvalue weighted by atomic mass is 16.3. The van der Waals surface area contributed by atoms with E-state index in [0.29, 0.717) is 0 Å². The first kappa shape index (κ1) is 16.2. The molecular formula is C21H28NO+. The summed E-state index contributed by atoms with van der Waals surface area (Å²) in [7, 11) is 6.69. The van der Waals surface area contributed by atoms with Crippen molar-refractivity contribution in [2.24, 2.45) is 5.92 Å². The number of benzene rings is 2. The molecule has 0 aliphatic heterocycles. The van der Waals surface area contributed by atoms with Crippen LogP contribution in [0.1, 0.15) is 36.1 Å². The zero-order valence-corrected chi connectivity index (χ0v) is 14.7. The Bertz CT molecular complexity index is 670. The molecule has 0 radical (unpaired) electrons. The zero-order chi connectivity index (χ0) is 16.7. The summed E-state index contributed by atoms with van der Waals surface area (Å²) in [5.41, 5.74) is 2.90. The average Bonchev–Trinajstić information content (AvgIpc) is 2.50. The Kier molecular flexibility index (Phi) is 4.07. The van der Waals surface area contributed by atoms with Crippen LogP contribution in [0.2, 0.25) is 0 Å². The number of hydrogen-bond acceptors (Lipinski definition) is 1. The second kappa shape index (κ2) is 5.77. The fraction of sp³-hybridized carbons (Fsp3) is 0.429. The molecule has 0 heterocycles. The number of aryl methyl sites for hydroxylation is 1. The Balaban J connectivity index is 2.08. The number of rotatable bonds is 3. The van der Waals surface area contributed by atoms with E-state index >= 15 is 0 Å². The molecule has 122 valence electrons. The van der Waals surface area contributed by atoms with Crippen molar-refractivity contribution in [3.8, 4) is 0 Å². The molecule has 2 aromatic carbocycles. The summed E-state index contributed by atoms with van der Waals surface area (Å²) in [4.78, 5) is 0. The third-order valence-electron chi connectivity index (χ3n) is 5.37. The number of quaternary nitrogens is 1. The maximum atomic E-state index is 11.5. The molecule has 23 heavy (non-hydrogen) atoms. The van der Waals surface area contributed by atoms with Crippen molar-refractivity contribution in [2.45, 2.75) is 31.4 Å². The van der Waals surface area contributed by atoms with Gasteiger partial charge in [0.15, 0.2) is 0 Å². The van der Waals surface area contributed by atoms with Crippen LogP contribution < -0.4 is 0 Å². The number of aliphatic hydroxyl groups is 1. The summed E-state index contributed by atoms with van der Waals surface area (Å²) in [6.45, 7) is 2.00. The topological polar surface area (TPSA) is 20.2 Å². The third kappa shape index (κ3) is 2.93. The molecule has 0 saturated carbocycles. The predicted molar refractivity (Wildman–Crippen MR) is 95.0 cm³/mol. The molecule has 0 fully saturated rings. The average molecular weight is 310 g/mol. The maximum absolute atomic E-state index is 11.5. The summed E-state index contributed by atoms with van der Waals surface area (Å²) < 4.78 is 0.812. The first-order chi connectivity index (χ1) is 10.8. The Labute approximate surface area is 140 Å². The zero-order valence-electron chi connectivity index (χ0n) is 14.7. The molecule has 2 aromatic rings. The minimum Gasteiger partial charge on any atom is -0.385 e. The summed E-state index contributed by atoms with van der Waals surface area (Å²) >= 11 is 0. The smallest absolute Gasteiger partial charge is 0.120 e. The highest BCUT2D eigenvalue weighted by molar-refractivity contribution is 5.36.